The van der Waals surface area contributed by atoms with Crippen LogP contribution >= 0.6 is 0 Å². The van der Waals surface area contributed by atoms with E-state index in [1.54, 1.807) is 0 Å². The number of anilines is 1. The second-order valence-corrected chi connectivity index (χ2v) is 8.28. The number of benzene rings is 1. The molecule has 2 aromatic rings. The predicted molar refractivity (Wildman–Crippen MR) is 109 cm³/mol. The second kappa shape index (κ2) is 8.30. The molecule has 1 amide bonds. The first kappa shape index (κ1) is 18.3. The Balaban J connectivity index is 1.25. The highest BCUT2D eigenvalue weighted by Gasteiger charge is 2.23. The van der Waals surface area contributed by atoms with Gasteiger partial charge in [-0.1, -0.05) is 25.3 Å². The van der Waals surface area contributed by atoms with Gasteiger partial charge in [-0.05, 0) is 62.7 Å². The van der Waals surface area contributed by atoms with Crippen molar-refractivity contribution in [1.82, 2.24) is 20.2 Å². The largest absolute Gasteiger partial charge is 0.369 e. The zero-order chi connectivity index (χ0) is 18.6. The molecule has 6 heteroatoms. The summed E-state index contributed by atoms with van der Waals surface area (Å²) in [7, 11) is 0. The molecule has 6 nitrogen and oxygen atoms in total. The average molecular weight is 370 g/mol. The number of imidazole rings is 1. The number of hydrogen-bond donors (Lipinski definition) is 3. The standard InChI is InChI=1S/C21H31N5O/c22-21-24-18-8-4-7-17(19(18)25-21)20(27)23-13-15-9-11-26(12-10-15)14-16-5-2-1-3-6-16/h4,7-8,15-16H,1-3,5-6,9-14H2,(H,23,27)(H3,22,24,25). The molecule has 4 N–H and O–H groups in total. The highest BCUT2D eigenvalue weighted by Crippen LogP contribution is 2.26. The number of aromatic amines is 1. The van der Waals surface area contributed by atoms with Crippen molar-refractivity contribution in [1.29, 1.82) is 0 Å². The molecule has 2 heterocycles. The monoisotopic (exact) mass is 369 g/mol. The van der Waals surface area contributed by atoms with E-state index in [2.05, 4.69) is 20.2 Å². The molecule has 0 atom stereocenters. The summed E-state index contributed by atoms with van der Waals surface area (Å²) in [5.74, 6) is 1.77. The van der Waals surface area contributed by atoms with E-state index in [0.29, 0.717) is 22.9 Å². The minimum atomic E-state index is -0.0586. The van der Waals surface area contributed by atoms with E-state index in [-0.39, 0.29) is 5.91 Å². The van der Waals surface area contributed by atoms with Crippen molar-refractivity contribution in [2.75, 3.05) is 31.9 Å². The molecule has 1 saturated heterocycles. The molecule has 27 heavy (non-hydrogen) atoms. The molecule has 0 spiro atoms. The number of nitrogens with one attached hydrogen (secondary N) is 2. The summed E-state index contributed by atoms with van der Waals surface area (Å²) < 4.78 is 0. The van der Waals surface area contributed by atoms with Crippen molar-refractivity contribution < 1.29 is 4.79 Å². The maximum absolute atomic E-state index is 12.6. The Bertz CT molecular complexity index is 772. The lowest BCUT2D eigenvalue weighted by Crippen LogP contribution is -2.40. The van der Waals surface area contributed by atoms with Crippen LogP contribution in [0.4, 0.5) is 5.95 Å². The molecule has 0 unspecified atom stereocenters. The third-order valence-electron chi connectivity index (χ3n) is 6.28. The fourth-order valence-electron chi connectivity index (χ4n) is 4.67. The van der Waals surface area contributed by atoms with E-state index in [9.17, 15) is 4.79 Å². The summed E-state index contributed by atoms with van der Waals surface area (Å²) in [5, 5.41) is 3.11. The number of rotatable bonds is 5. The molecule has 2 aliphatic rings. The number of aromatic nitrogens is 2. The van der Waals surface area contributed by atoms with Gasteiger partial charge in [0.2, 0.25) is 0 Å². The molecule has 4 rings (SSSR count). The van der Waals surface area contributed by atoms with Gasteiger partial charge in [0.05, 0.1) is 11.1 Å². The first-order valence-corrected chi connectivity index (χ1v) is 10.4. The number of carbonyl (C=O) groups excluding carboxylic acids is 1. The second-order valence-electron chi connectivity index (χ2n) is 8.28. The fourth-order valence-corrected chi connectivity index (χ4v) is 4.67. The van der Waals surface area contributed by atoms with E-state index in [0.717, 1.165) is 18.0 Å². The van der Waals surface area contributed by atoms with Crippen LogP contribution in [0.25, 0.3) is 11.0 Å². The number of nitrogens with two attached hydrogens (primary N) is 1. The molecule has 146 valence electrons. The third kappa shape index (κ3) is 4.43. The molecule has 1 aromatic heterocycles. The number of nitrogens with zero attached hydrogens (tertiary/aromatic N) is 2. The van der Waals surface area contributed by atoms with Crippen molar-refractivity contribution in [3.63, 3.8) is 0 Å². The molecular weight excluding hydrogens is 338 g/mol. The fraction of sp³-hybridized carbons (Fsp3) is 0.619. The Morgan fingerprint density at radius 3 is 2.70 bits per heavy atom. The van der Waals surface area contributed by atoms with Gasteiger partial charge in [-0.15, -0.1) is 0 Å². The van der Waals surface area contributed by atoms with Crippen molar-refractivity contribution in [2.24, 2.45) is 11.8 Å². The van der Waals surface area contributed by atoms with E-state index >= 15 is 0 Å². The van der Waals surface area contributed by atoms with Gasteiger partial charge >= 0.3 is 0 Å². The Kier molecular flexibility index (Phi) is 5.62. The number of piperidine rings is 1. The topological polar surface area (TPSA) is 87.0 Å². The smallest absolute Gasteiger partial charge is 0.253 e. The number of fused-ring (bicyclic) bond motifs is 1. The van der Waals surface area contributed by atoms with Gasteiger partial charge < -0.3 is 20.9 Å². The van der Waals surface area contributed by atoms with E-state index in [4.69, 9.17) is 5.73 Å². The van der Waals surface area contributed by atoms with E-state index < -0.39 is 0 Å². The maximum atomic E-state index is 12.6. The van der Waals surface area contributed by atoms with Crippen LogP contribution < -0.4 is 11.1 Å². The van der Waals surface area contributed by atoms with Crippen LogP contribution in [0.3, 0.4) is 0 Å². The van der Waals surface area contributed by atoms with E-state index in [1.807, 2.05) is 18.2 Å². The molecule has 0 bridgehead atoms. The first-order valence-electron chi connectivity index (χ1n) is 10.4. The summed E-state index contributed by atoms with van der Waals surface area (Å²) >= 11 is 0. The lowest BCUT2D eigenvalue weighted by atomic mass is 9.88. The summed E-state index contributed by atoms with van der Waals surface area (Å²) in [4.78, 5) is 22.5. The summed E-state index contributed by atoms with van der Waals surface area (Å²) in [5.41, 5.74) is 7.77. The van der Waals surface area contributed by atoms with Gasteiger partial charge in [0.15, 0.2) is 5.95 Å². The third-order valence-corrected chi connectivity index (χ3v) is 6.28. The predicted octanol–water partition coefficient (Wildman–Crippen LogP) is 3.17. The molecule has 1 aliphatic heterocycles. The van der Waals surface area contributed by atoms with Crippen LogP contribution in [-0.4, -0.2) is 47.0 Å². The van der Waals surface area contributed by atoms with Crippen LogP contribution in [0.15, 0.2) is 18.2 Å². The van der Waals surface area contributed by atoms with Crippen molar-refractivity contribution in [2.45, 2.75) is 44.9 Å². The first-order chi connectivity index (χ1) is 13.2. The zero-order valence-corrected chi connectivity index (χ0v) is 16.0. The minimum absolute atomic E-state index is 0.0586. The number of para-hydroxylation sites is 1. The molecular formula is C21H31N5O. The quantitative estimate of drug-likeness (QED) is 0.755. The van der Waals surface area contributed by atoms with Crippen LogP contribution in [0.5, 0.6) is 0 Å². The number of amides is 1. The van der Waals surface area contributed by atoms with Crippen molar-refractivity contribution in [3.8, 4) is 0 Å². The summed E-state index contributed by atoms with van der Waals surface area (Å²) in [6, 6.07) is 5.56. The number of H-pyrrole nitrogens is 1. The SMILES string of the molecule is Nc1nc2c(C(=O)NCC3CCN(CC4CCCCC4)CC3)cccc2[nH]1. The lowest BCUT2D eigenvalue weighted by molar-refractivity contribution is 0.0932. The highest BCUT2D eigenvalue weighted by atomic mass is 16.1. The Hall–Kier alpha value is -2.08. The molecule has 1 saturated carbocycles. The Morgan fingerprint density at radius 2 is 1.93 bits per heavy atom. The van der Waals surface area contributed by atoms with Gasteiger partial charge in [0.1, 0.15) is 5.52 Å². The van der Waals surface area contributed by atoms with Crippen molar-refractivity contribution in [3.05, 3.63) is 23.8 Å². The zero-order valence-electron chi connectivity index (χ0n) is 16.0. The maximum Gasteiger partial charge on any atom is 0.253 e. The number of nitrogen functional groups attached to an aromatic ring is 1. The van der Waals surface area contributed by atoms with Crippen LogP contribution in [-0.2, 0) is 0 Å². The normalized spacial score (nSPS) is 20.1. The van der Waals surface area contributed by atoms with Gasteiger partial charge in [-0.2, -0.15) is 0 Å². The molecule has 2 fully saturated rings. The van der Waals surface area contributed by atoms with Crippen LogP contribution in [0.2, 0.25) is 0 Å². The Labute approximate surface area is 160 Å². The van der Waals surface area contributed by atoms with Gasteiger partial charge in [0, 0.05) is 13.1 Å². The minimum Gasteiger partial charge on any atom is -0.369 e. The van der Waals surface area contributed by atoms with Crippen LogP contribution in [0, 0.1) is 11.8 Å². The number of hydrogen-bond acceptors (Lipinski definition) is 4. The highest BCUT2D eigenvalue weighted by molar-refractivity contribution is 6.05. The van der Waals surface area contributed by atoms with Crippen LogP contribution in [0.1, 0.15) is 55.3 Å². The molecule has 0 radical (unpaired) electrons. The van der Waals surface area contributed by atoms with E-state index in [1.165, 1.54) is 64.6 Å². The van der Waals surface area contributed by atoms with Gasteiger partial charge in [0.25, 0.3) is 5.91 Å². The Morgan fingerprint density at radius 1 is 1.15 bits per heavy atom. The number of carbonyl (C=O) groups is 1. The number of likely N-dealkylation sites (tertiary alicyclic amines) is 1. The van der Waals surface area contributed by atoms with Crippen molar-refractivity contribution >= 4 is 22.9 Å². The summed E-state index contributed by atoms with van der Waals surface area (Å²) in [6.45, 7) is 4.36. The average Bonchev–Trinajstić information content (AvgIpc) is 3.08. The van der Waals surface area contributed by atoms with Gasteiger partial charge in [-0.25, -0.2) is 4.98 Å². The van der Waals surface area contributed by atoms with Gasteiger partial charge in [-0.3, -0.25) is 4.79 Å². The summed E-state index contributed by atoms with van der Waals surface area (Å²) in [6.07, 6.45) is 9.44. The molecule has 1 aliphatic carbocycles. The lowest BCUT2D eigenvalue weighted by Gasteiger charge is -2.35. The molecule has 1 aromatic carbocycles.